The molecule has 0 spiro atoms. The maximum absolute atomic E-state index is 11.7. The average Bonchev–Trinajstić information content (AvgIpc) is 2.47. The molecule has 0 heterocycles. The van der Waals surface area contributed by atoms with E-state index in [0.29, 0.717) is 6.54 Å². The molecule has 0 saturated heterocycles. The smallest absolute Gasteiger partial charge is 0.407 e. The molecule has 2 N–H and O–H groups in total. The Morgan fingerprint density at radius 2 is 1.87 bits per heavy atom. The number of nitrogens with one attached hydrogen (secondary N) is 2. The standard InChI is InChI=1S/C19H32N2O2/c1-5-6-7-8-9-13-20-17-12-10-11-16(14-17)15-21-18(22)23-19(2,3)4/h10-12,14,20H,5-9,13,15H2,1-4H3,(H,21,22). The van der Waals surface area contributed by atoms with Crippen molar-refractivity contribution >= 4 is 11.8 Å². The molecule has 0 saturated carbocycles. The van der Waals surface area contributed by atoms with Crippen molar-refractivity contribution in [2.45, 2.75) is 71.9 Å². The molecule has 0 fully saturated rings. The maximum atomic E-state index is 11.7. The van der Waals surface area contributed by atoms with E-state index in [4.69, 9.17) is 4.74 Å². The van der Waals surface area contributed by atoms with Crippen LogP contribution in [0, 0.1) is 0 Å². The van der Waals surface area contributed by atoms with E-state index in [1.54, 1.807) is 0 Å². The lowest BCUT2D eigenvalue weighted by Gasteiger charge is -2.19. The number of anilines is 1. The SMILES string of the molecule is CCCCCCCNc1cccc(CNC(=O)OC(C)(C)C)c1. The second-order valence-electron chi connectivity index (χ2n) is 6.90. The molecule has 0 aliphatic rings. The van der Waals surface area contributed by atoms with Gasteiger partial charge in [-0.25, -0.2) is 4.79 Å². The van der Waals surface area contributed by atoms with Crippen molar-refractivity contribution in [3.63, 3.8) is 0 Å². The van der Waals surface area contributed by atoms with E-state index >= 15 is 0 Å². The van der Waals surface area contributed by atoms with Crippen LogP contribution in [-0.2, 0) is 11.3 Å². The number of benzene rings is 1. The van der Waals surface area contributed by atoms with Crippen LogP contribution in [-0.4, -0.2) is 18.2 Å². The molecular weight excluding hydrogens is 288 g/mol. The third-order valence-corrected chi connectivity index (χ3v) is 3.37. The lowest BCUT2D eigenvalue weighted by molar-refractivity contribution is 0.0523. The van der Waals surface area contributed by atoms with E-state index < -0.39 is 5.60 Å². The molecule has 23 heavy (non-hydrogen) atoms. The summed E-state index contributed by atoms with van der Waals surface area (Å²) in [5, 5.41) is 6.23. The largest absolute Gasteiger partial charge is 0.444 e. The minimum atomic E-state index is -0.467. The number of unbranched alkanes of at least 4 members (excludes halogenated alkanes) is 4. The predicted octanol–water partition coefficient (Wildman–Crippen LogP) is 5.09. The van der Waals surface area contributed by atoms with Crippen LogP contribution in [0.3, 0.4) is 0 Å². The molecule has 0 aliphatic carbocycles. The summed E-state index contributed by atoms with van der Waals surface area (Å²) in [6.45, 7) is 9.27. The van der Waals surface area contributed by atoms with E-state index in [1.807, 2.05) is 32.9 Å². The fraction of sp³-hybridized carbons (Fsp3) is 0.632. The molecular formula is C19H32N2O2. The van der Waals surface area contributed by atoms with Gasteiger partial charge in [0.25, 0.3) is 0 Å². The average molecular weight is 320 g/mol. The van der Waals surface area contributed by atoms with Crippen LogP contribution in [0.4, 0.5) is 10.5 Å². The molecule has 1 rings (SSSR count). The summed E-state index contributed by atoms with van der Waals surface area (Å²) in [5.74, 6) is 0. The number of rotatable bonds is 9. The highest BCUT2D eigenvalue weighted by Gasteiger charge is 2.15. The van der Waals surface area contributed by atoms with Crippen LogP contribution >= 0.6 is 0 Å². The highest BCUT2D eigenvalue weighted by Crippen LogP contribution is 2.12. The fourth-order valence-electron chi connectivity index (χ4n) is 2.24. The summed E-state index contributed by atoms with van der Waals surface area (Å²) in [5.41, 5.74) is 1.70. The third kappa shape index (κ3) is 9.82. The molecule has 0 aliphatic heterocycles. The van der Waals surface area contributed by atoms with E-state index in [9.17, 15) is 4.79 Å². The lowest BCUT2D eigenvalue weighted by Crippen LogP contribution is -2.32. The van der Waals surface area contributed by atoms with Crippen molar-refractivity contribution in [1.82, 2.24) is 5.32 Å². The van der Waals surface area contributed by atoms with Crippen LogP contribution in [0.5, 0.6) is 0 Å². The van der Waals surface area contributed by atoms with Gasteiger partial charge in [0.1, 0.15) is 5.60 Å². The Kier molecular flexibility index (Phi) is 8.52. The van der Waals surface area contributed by atoms with Gasteiger partial charge in [-0.15, -0.1) is 0 Å². The first-order chi connectivity index (χ1) is 10.9. The number of carbonyl (C=O) groups excluding carboxylic acids is 1. The molecule has 0 unspecified atom stereocenters. The van der Waals surface area contributed by atoms with E-state index in [0.717, 1.165) is 17.8 Å². The quantitative estimate of drug-likeness (QED) is 0.623. The molecule has 1 aromatic carbocycles. The normalized spacial score (nSPS) is 11.1. The molecule has 0 bridgehead atoms. The Morgan fingerprint density at radius 1 is 1.13 bits per heavy atom. The van der Waals surface area contributed by atoms with Crippen molar-refractivity contribution in [1.29, 1.82) is 0 Å². The van der Waals surface area contributed by atoms with Gasteiger partial charge in [0.05, 0.1) is 0 Å². The van der Waals surface area contributed by atoms with Gasteiger partial charge in [0.2, 0.25) is 0 Å². The zero-order valence-electron chi connectivity index (χ0n) is 15.1. The van der Waals surface area contributed by atoms with Gasteiger partial charge in [0.15, 0.2) is 0 Å². The number of alkyl carbamates (subject to hydrolysis) is 1. The first-order valence-electron chi connectivity index (χ1n) is 8.70. The van der Waals surface area contributed by atoms with Crippen LogP contribution in [0.2, 0.25) is 0 Å². The third-order valence-electron chi connectivity index (χ3n) is 3.37. The van der Waals surface area contributed by atoms with Crippen molar-refractivity contribution in [3.05, 3.63) is 29.8 Å². The highest BCUT2D eigenvalue weighted by atomic mass is 16.6. The van der Waals surface area contributed by atoms with Crippen LogP contribution < -0.4 is 10.6 Å². The van der Waals surface area contributed by atoms with Gasteiger partial charge in [-0.3, -0.25) is 0 Å². The summed E-state index contributed by atoms with van der Waals surface area (Å²) in [6, 6.07) is 8.14. The fourth-order valence-corrected chi connectivity index (χ4v) is 2.24. The highest BCUT2D eigenvalue weighted by molar-refractivity contribution is 5.67. The second-order valence-corrected chi connectivity index (χ2v) is 6.90. The molecule has 1 amide bonds. The minimum Gasteiger partial charge on any atom is -0.444 e. The summed E-state index contributed by atoms with van der Waals surface area (Å²) in [6.07, 6.45) is 6.01. The zero-order chi connectivity index (χ0) is 17.1. The molecule has 0 radical (unpaired) electrons. The molecule has 130 valence electrons. The second kappa shape index (κ2) is 10.1. The summed E-state index contributed by atoms with van der Waals surface area (Å²) in [7, 11) is 0. The van der Waals surface area contributed by atoms with E-state index in [1.165, 1.54) is 32.1 Å². The van der Waals surface area contributed by atoms with Crippen molar-refractivity contribution in [2.24, 2.45) is 0 Å². The monoisotopic (exact) mass is 320 g/mol. The van der Waals surface area contributed by atoms with Gasteiger partial charge >= 0.3 is 6.09 Å². The van der Waals surface area contributed by atoms with Crippen LogP contribution in [0.15, 0.2) is 24.3 Å². The van der Waals surface area contributed by atoms with Gasteiger partial charge < -0.3 is 15.4 Å². The van der Waals surface area contributed by atoms with E-state index in [2.05, 4.69) is 29.7 Å². The Morgan fingerprint density at radius 3 is 2.57 bits per heavy atom. The predicted molar refractivity (Wildman–Crippen MR) is 96.8 cm³/mol. The molecule has 0 aromatic heterocycles. The summed E-state index contributed by atoms with van der Waals surface area (Å²) in [4.78, 5) is 11.7. The van der Waals surface area contributed by atoms with Gasteiger partial charge in [0, 0.05) is 18.8 Å². The van der Waals surface area contributed by atoms with Crippen molar-refractivity contribution in [2.75, 3.05) is 11.9 Å². The molecule has 0 atom stereocenters. The Balaban J connectivity index is 2.31. The lowest BCUT2D eigenvalue weighted by atomic mass is 10.1. The summed E-state index contributed by atoms with van der Waals surface area (Å²) < 4.78 is 5.24. The Bertz CT molecular complexity index is 467. The minimum absolute atomic E-state index is 0.383. The Hall–Kier alpha value is -1.71. The first-order valence-corrected chi connectivity index (χ1v) is 8.70. The van der Waals surface area contributed by atoms with E-state index in [-0.39, 0.29) is 6.09 Å². The molecule has 4 nitrogen and oxygen atoms in total. The Labute approximate surface area is 141 Å². The number of hydrogen-bond donors (Lipinski definition) is 2. The van der Waals surface area contributed by atoms with Crippen molar-refractivity contribution in [3.8, 4) is 0 Å². The first kappa shape index (κ1) is 19.3. The maximum Gasteiger partial charge on any atom is 0.407 e. The van der Waals surface area contributed by atoms with Gasteiger partial charge in [-0.05, 0) is 44.9 Å². The molecule has 4 heteroatoms. The topological polar surface area (TPSA) is 50.4 Å². The number of amides is 1. The van der Waals surface area contributed by atoms with Crippen LogP contribution in [0.25, 0.3) is 0 Å². The van der Waals surface area contributed by atoms with Crippen LogP contribution in [0.1, 0.15) is 65.4 Å². The summed E-state index contributed by atoms with van der Waals surface area (Å²) >= 11 is 0. The van der Waals surface area contributed by atoms with Crippen molar-refractivity contribution < 1.29 is 9.53 Å². The zero-order valence-corrected chi connectivity index (χ0v) is 15.1. The number of hydrogen-bond acceptors (Lipinski definition) is 3. The van der Waals surface area contributed by atoms with Gasteiger partial charge in [-0.1, -0.05) is 44.7 Å². The van der Waals surface area contributed by atoms with Gasteiger partial charge in [-0.2, -0.15) is 0 Å². The molecule has 1 aromatic rings. The number of carbonyl (C=O) groups is 1. The number of ether oxygens (including phenoxy) is 1.